The molecule has 0 heterocycles. The van der Waals surface area contributed by atoms with Crippen LogP contribution in [0.4, 0.5) is 0 Å². The van der Waals surface area contributed by atoms with E-state index in [-0.39, 0.29) is 12.2 Å². The van der Waals surface area contributed by atoms with Gasteiger partial charge in [0.1, 0.15) is 12.2 Å². The SMILES string of the molecule is CCCCCCCCCCCCCCCCCCCCC(=O)C(O)[C@@H](O)CO. The van der Waals surface area contributed by atoms with Gasteiger partial charge in [-0.15, -0.1) is 0 Å². The zero-order valence-electron chi connectivity index (χ0n) is 18.5. The van der Waals surface area contributed by atoms with Crippen molar-refractivity contribution in [2.45, 2.75) is 141 Å². The zero-order chi connectivity index (χ0) is 20.9. The van der Waals surface area contributed by atoms with Crippen LogP contribution in [0, 0.1) is 0 Å². The molecule has 0 amide bonds. The van der Waals surface area contributed by atoms with Crippen LogP contribution in [0.25, 0.3) is 0 Å². The Balaban J connectivity index is 3.19. The Morgan fingerprint density at radius 2 is 0.929 bits per heavy atom. The molecule has 0 aromatic heterocycles. The summed E-state index contributed by atoms with van der Waals surface area (Å²) >= 11 is 0. The van der Waals surface area contributed by atoms with E-state index in [0.717, 1.165) is 19.3 Å². The minimum Gasteiger partial charge on any atom is -0.394 e. The van der Waals surface area contributed by atoms with Gasteiger partial charge in [-0.25, -0.2) is 0 Å². The van der Waals surface area contributed by atoms with Gasteiger partial charge in [0.25, 0.3) is 0 Å². The third-order valence-electron chi connectivity index (χ3n) is 5.66. The van der Waals surface area contributed by atoms with Gasteiger partial charge in [-0.1, -0.05) is 116 Å². The van der Waals surface area contributed by atoms with Gasteiger partial charge >= 0.3 is 0 Å². The van der Waals surface area contributed by atoms with Gasteiger partial charge in [0.2, 0.25) is 0 Å². The predicted octanol–water partition coefficient (Wildman–Crippen LogP) is 5.70. The number of Topliss-reactive ketones (excluding diaryl/α,β-unsaturated/α-hetero) is 1. The summed E-state index contributed by atoms with van der Waals surface area (Å²) in [5.41, 5.74) is 0. The van der Waals surface area contributed by atoms with Crippen LogP contribution in [-0.4, -0.2) is 39.9 Å². The van der Waals surface area contributed by atoms with Gasteiger partial charge in [-0.05, 0) is 6.42 Å². The van der Waals surface area contributed by atoms with Crippen LogP contribution in [-0.2, 0) is 4.79 Å². The number of aliphatic hydroxyl groups is 3. The Hall–Kier alpha value is -0.450. The second-order valence-corrected chi connectivity index (χ2v) is 8.42. The van der Waals surface area contributed by atoms with Crippen LogP contribution in [0.1, 0.15) is 129 Å². The maximum Gasteiger partial charge on any atom is 0.164 e. The monoisotopic (exact) mass is 400 g/mol. The van der Waals surface area contributed by atoms with Crippen molar-refractivity contribution >= 4 is 5.78 Å². The van der Waals surface area contributed by atoms with E-state index in [4.69, 9.17) is 5.11 Å². The quantitative estimate of drug-likeness (QED) is 0.204. The number of aliphatic hydroxyl groups excluding tert-OH is 3. The molecule has 0 aliphatic heterocycles. The van der Waals surface area contributed by atoms with E-state index in [0.29, 0.717) is 0 Å². The molecule has 0 saturated carbocycles. The van der Waals surface area contributed by atoms with Crippen LogP contribution in [0.15, 0.2) is 0 Å². The predicted molar refractivity (Wildman–Crippen MR) is 118 cm³/mol. The van der Waals surface area contributed by atoms with Gasteiger partial charge in [-0.2, -0.15) is 0 Å². The highest BCUT2D eigenvalue weighted by molar-refractivity contribution is 5.83. The average molecular weight is 401 g/mol. The van der Waals surface area contributed by atoms with Crippen molar-refractivity contribution in [3.05, 3.63) is 0 Å². The van der Waals surface area contributed by atoms with E-state index < -0.39 is 18.8 Å². The normalized spacial score (nSPS) is 13.6. The highest BCUT2D eigenvalue weighted by Gasteiger charge is 2.22. The molecule has 3 N–H and O–H groups in total. The molecule has 0 aliphatic rings. The number of hydrogen-bond donors (Lipinski definition) is 3. The molecule has 168 valence electrons. The van der Waals surface area contributed by atoms with Crippen molar-refractivity contribution in [3.8, 4) is 0 Å². The van der Waals surface area contributed by atoms with Crippen molar-refractivity contribution < 1.29 is 20.1 Å². The lowest BCUT2D eigenvalue weighted by atomic mass is 10.0. The molecule has 1 unspecified atom stereocenters. The third kappa shape index (κ3) is 17.6. The number of rotatable bonds is 22. The minimum absolute atomic E-state index is 0.289. The van der Waals surface area contributed by atoms with Crippen molar-refractivity contribution in [1.82, 2.24) is 0 Å². The molecule has 0 radical (unpaired) electrons. The first-order valence-corrected chi connectivity index (χ1v) is 12.1. The molecule has 2 atom stereocenters. The molecule has 4 heteroatoms. The average Bonchev–Trinajstić information content (AvgIpc) is 2.71. The molecule has 28 heavy (non-hydrogen) atoms. The Morgan fingerprint density at radius 1 is 0.607 bits per heavy atom. The summed E-state index contributed by atoms with van der Waals surface area (Å²) in [6.07, 6.45) is 21.0. The maximum absolute atomic E-state index is 11.6. The Labute approximate surface area is 174 Å². The van der Waals surface area contributed by atoms with E-state index in [1.165, 1.54) is 96.3 Å². The summed E-state index contributed by atoms with van der Waals surface area (Å²) < 4.78 is 0. The number of unbranched alkanes of at least 4 members (excludes halogenated alkanes) is 17. The van der Waals surface area contributed by atoms with E-state index in [2.05, 4.69) is 6.92 Å². The number of ketones is 1. The number of hydrogen-bond acceptors (Lipinski definition) is 4. The van der Waals surface area contributed by atoms with E-state index in [1.54, 1.807) is 0 Å². The fourth-order valence-corrected chi connectivity index (χ4v) is 3.66. The molecule has 0 rings (SSSR count). The van der Waals surface area contributed by atoms with Crippen LogP contribution in [0.3, 0.4) is 0 Å². The number of carbonyl (C=O) groups excluding carboxylic acids is 1. The molecule has 0 fully saturated rings. The molecule has 0 spiro atoms. The smallest absolute Gasteiger partial charge is 0.164 e. The molecule has 0 aromatic rings. The first kappa shape index (κ1) is 27.5. The van der Waals surface area contributed by atoms with Crippen LogP contribution in [0.2, 0.25) is 0 Å². The van der Waals surface area contributed by atoms with Gasteiger partial charge in [-0.3, -0.25) is 4.79 Å². The molecule has 4 nitrogen and oxygen atoms in total. The summed E-state index contributed by atoms with van der Waals surface area (Å²) in [4.78, 5) is 11.6. The van der Waals surface area contributed by atoms with Gasteiger partial charge < -0.3 is 15.3 Å². The molecule has 0 aliphatic carbocycles. The highest BCUT2D eigenvalue weighted by Crippen LogP contribution is 2.14. The summed E-state index contributed by atoms with van der Waals surface area (Å²) in [7, 11) is 0. The van der Waals surface area contributed by atoms with Crippen molar-refractivity contribution in [2.24, 2.45) is 0 Å². The molecular formula is C24H48O4. The van der Waals surface area contributed by atoms with Crippen LogP contribution < -0.4 is 0 Å². The van der Waals surface area contributed by atoms with E-state index in [9.17, 15) is 15.0 Å². The Kier molecular flexibility index (Phi) is 20.9. The minimum atomic E-state index is -1.43. The second-order valence-electron chi connectivity index (χ2n) is 8.42. The van der Waals surface area contributed by atoms with E-state index >= 15 is 0 Å². The van der Waals surface area contributed by atoms with Gasteiger partial charge in [0.05, 0.1) is 6.61 Å². The van der Waals surface area contributed by atoms with Crippen molar-refractivity contribution in [3.63, 3.8) is 0 Å². The first-order chi connectivity index (χ1) is 13.6. The first-order valence-electron chi connectivity index (χ1n) is 12.1. The van der Waals surface area contributed by atoms with Crippen LogP contribution >= 0.6 is 0 Å². The highest BCUT2D eigenvalue weighted by atomic mass is 16.4. The summed E-state index contributed by atoms with van der Waals surface area (Å²) in [5.74, 6) is -0.363. The van der Waals surface area contributed by atoms with E-state index in [1.807, 2.05) is 0 Å². The molecule has 0 bridgehead atoms. The molecule has 0 aromatic carbocycles. The lowest BCUT2D eigenvalue weighted by Crippen LogP contribution is -2.36. The molecular weight excluding hydrogens is 352 g/mol. The zero-order valence-corrected chi connectivity index (χ0v) is 18.5. The van der Waals surface area contributed by atoms with Crippen molar-refractivity contribution in [2.75, 3.05) is 6.61 Å². The lowest BCUT2D eigenvalue weighted by molar-refractivity contribution is -0.134. The second kappa shape index (κ2) is 21.3. The Bertz CT molecular complexity index is 333. The summed E-state index contributed by atoms with van der Waals surface area (Å²) in [6.45, 7) is 1.69. The fourth-order valence-electron chi connectivity index (χ4n) is 3.66. The summed E-state index contributed by atoms with van der Waals surface area (Å²) in [5, 5.41) is 27.4. The fraction of sp³-hybridized carbons (Fsp3) is 0.958. The largest absolute Gasteiger partial charge is 0.394 e. The van der Waals surface area contributed by atoms with Gasteiger partial charge in [0.15, 0.2) is 5.78 Å². The maximum atomic E-state index is 11.6. The van der Waals surface area contributed by atoms with Gasteiger partial charge in [0, 0.05) is 6.42 Å². The van der Waals surface area contributed by atoms with Crippen LogP contribution in [0.5, 0.6) is 0 Å². The van der Waals surface area contributed by atoms with Crippen molar-refractivity contribution in [1.29, 1.82) is 0 Å². The third-order valence-corrected chi connectivity index (χ3v) is 5.66. The number of carbonyl (C=O) groups is 1. The lowest BCUT2D eigenvalue weighted by Gasteiger charge is -2.13. The molecule has 0 saturated heterocycles. The standard InChI is InChI=1S/C24H48O4/c1-2-3-4-5-6-7-8-9-10-11-12-13-14-15-16-17-18-19-20-22(26)24(28)23(27)21-25/h23-25,27-28H,2-21H2,1H3/t23-,24?/m0/s1. The Morgan fingerprint density at radius 3 is 1.25 bits per heavy atom. The topological polar surface area (TPSA) is 77.8 Å². The summed E-state index contributed by atoms with van der Waals surface area (Å²) in [6, 6.07) is 0.